The van der Waals surface area contributed by atoms with Crippen molar-refractivity contribution in [2.45, 2.75) is 43.8 Å². The van der Waals surface area contributed by atoms with E-state index in [1.54, 1.807) is 6.20 Å². The molecule has 0 aliphatic carbocycles. The summed E-state index contributed by atoms with van der Waals surface area (Å²) in [6, 6.07) is 13.9. The molecule has 0 bridgehead atoms. The van der Waals surface area contributed by atoms with Gasteiger partial charge in [0.1, 0.15) is 18.1 Å². The summed E-state index contributed by atoms with van der Waals surface area (Å²) in [5, 5.41) is 11.8. The summed E-state index contributed by atoms with van der Waals surface area (Å²) in [6.07, 6.45) is 2.77. The molecule has 2 aromatic carbocycles. The topological polar surface area (TPSA) is 197 Å². The fourth-order valence-electron chi connectivity index (χ4n) is 4.64. The van der Waals surface area contributed by atoms with Crippen LogP contribution in [0.2, 0.25) is 0 Å². The van der Waals surface area contributed by atoms with Crippen molar-refractivity contribution in [3.8, 4) is 0 Å². The van der Waals surface area contributed by atoms with Crippen molar-refractivity contribution in [1.29, 1.82) is 0 Å². The highest BCUT2D eigenvalue weighted by Gasteiger charge is 2.31. The molecule has 0 spiro atoms. The molecule has 1 saturated heterocycles. The highest BCUT2D eigenvalue weighted by molar-refractivity contribution is 5.97. The van der Waals surface area contributed by atoms with Crippen LogP contribution in [-0.2, 0) is 32.0 Å². The predicted octanol–water partition coefficient (Wildman–Crippen LogP) is -0.409. The minimum Gasteiger partial charge on any atom is -0.370 e. The number of H-pyrrole nitrogens is 1. The van der Waals surface area contributed by atoms with Crippen molar-refractivity contribution in [3.63, 3.8) is 0 Å². The molecular weight excluding hydrogens is 512 g/mol. The molecule has 9 N–H and O–H groups in total. The van der Waals surface area contributed by atoms with Crippen molar-refractivity contribution in [1.82, 2.24) is 26.3 Å². The van der Waals surface area contributed by atoms with E-state index in [1.807, 2.05) is 54.6 Å². The number of nitrogens with one attached hydrogen (secondary N) is 5. The SMILES string of the molecule is NC(N)=NCCC[C@H]1NC(=O)[C@H](Cc2ccccc2)NC(=O)CNC(=O)[C@@H](Cc2c[nH]c3ccccc23)NC1=O. The number of aromatic nitrogens is 1. The normalized spacial score (nSPS) is 20.4. The fourth-order valence-corrected chi connectivity index (χ4v) is 4.64. The van der Waals surface area contributed by atoms with Gasteiger partial charge in [-0.1, -0.05) is 48.5 Å². The van der Waals surface area contributed by atoms with E-state index in [4.69, 9.17) is 11.5 Å². The van der Waals surface area contributed by atoms with Crippen LogP contribution in [0.15, 0.2) is 65.8 Å². The van der Waals surface area contributed by atoms with Crippen LogP contribution < -0.4 is 32.7 Å². The second-order valence-corrected chi connectivity index (χ2v) is 9.66. The number of carbonyl (C=O) groups is 4. The molecule has 0 saturated carbocycles. The van der Waals surface area contributed by atoms with E-state index in [9.17, 15) is 19.2 Å². The summed E-state index contributed by atoms with van der Waals surface area (Å²) in [4.78, 5) is 60.0. The van der Waals surface area contributed by atoms with Gasteiger partial charge in [0, 0.05) is 36.5 Å². The first-order valence-corrected chi connectivity index (χ1v) is 13.1. The zero-order valence-corrected chi connectivity index (χ0v) is 22.0. The number of guanidine groups is 1. The van der Waals surface area contributed by atoms with Crippen LogP contribution in [0.25, 0.3) is 10.9 Å². The van der Waals surface area contributed by atoms with Crippen molar-refractivity contribution in [3.05, 3.63) is 71.9 Å². The van der Waals surface area contributed by atoms with Crippen LogP contribution in [0.5, 0.6) is 0 Å². The van der Waals surface area contributed by atoms with Crippen molar-refractivity contribution < 1.29 is 19.2 Å². The smallest absolute Gasteiger partial charge is 0.243 e. The molecule has 4 rings (SSSR count). The predicted molar refractivity (Wildman–Crippen MR) is 151 cm³/mol. The Kier molecular flexibility index (Phi) is 9.34. The third kappa shape index (κ3) is 7.59. The highest BCUT2D eigenvalue weighted by atomic mass is 16.2. The number of aromatic amines is 1. The number of nitrogens with two attached hydrogens (primary N) is 2. The standard InChI is InChI=1S/C28H34N8O4/c29-28(30)31-12-6-11-21-26(39)36-23(14-18-15-32-20-10-5-4-9-19(18)20)25(38)33-16-24(37)34-22(27(40)35-21)13-17-7-2-1-3-8-17/h1-5,7-10,15,21-23,32H,6,11-14,16H2,(H,33,38)(H,34,37)(H,35,40)(H,36,39)(H4,29,30,31)/t21-,22+,23-/m1/s1. The Morgan fingerprint density at radius 2 is 1.48 bits per heavy atom. The number of hydrogen-bond donors (Lipinski definition) is 7. The molecule has 1 aromatic heterocycles. The number of hydrogen-bond acceptors (Lipinski definition) is 5. The Bertz CT molecular complexity index is 1380. The van der Waals surface area contributed by atoms with Gasteiger partial charge in [-0.2, -0.15) is 0 Å². The van der Waals surface area contributed by atoms with Gasteiger partial charge in [0.15, 0.2) is 5.96 Å². The van der Waals surface area contributed by atoms with Gasteiger partial charge in [-0.3, -0.25) is 24.2 Å². The summed E-state index contributed by atoms with van der Waals surface area (Å²) in [7, 11) is 0. The average molecular weight is 547 g/mol. The van der Waals surface area contributed by atoms with Crippen LogP contribution in [0.1, 0.15) is 24.0 Å². The van der Waals surface area contributed by atoms with Crippen LogP contribution >= 0.6 is 0 Å². The maximum absolute atomic E-state index is 13.5. The number of para-hydroxylation sites is 1. The van der Waals surface area contributed by atoms with Crippen molar-refractivity contribution in [2.75, 3.05) is 13.1 Å². The minimum absolute atomic E-state index is 0.0757. The Morgan fingerprint density at radius 3 is 2.25 bits per heavy atom. The molecule has 3 aromatic rings. The van der Waals surface area contributed by atoms with E-state index < -0.39 is 41.8 Å². The summed E-state index contributed by atoms with van der Waals surface area (Å²) in [5.41, 5.74) is 13.4. The summed E-state index contributed by atoms with van der Waals surface area (Å²) < 4.78 is 0. The maximum Gasteiger partial charge on any atom is 0.243 e. The van der Waals surface area contributed by atoms with Crippen molar-refractivity contribution >= 4 is 40.5 Å². The minimum atomic E-state index is -0.991. The zero-order chi connectivity index (χ0) is 28.5. The molecule has 2 heterocycles. The van der Waals surface area contributed by atoms with E-state index >= 15 is 0 Å². The lowest BCUT2D eigenvalue weighted by atomic mass is 10.0. The van der Waals surface area contributed by atoms with E-state index in [0.717, 1.165) is 22.0 Å². The van der Waals surface area contributed by atoms with Crippen molar-refractivity contribution in [2.24, 2.45) is 16.5 Å². The second-order valence-electron chi connectivity index (χ2n) is 9.66. The highest BCUT2D eigenvalue weighted by Crippen LogP contribution is 2.19. The monoisotopic (exact) mass is 546 g/mol. The van der Waals surface area contributed by atoms with Crippen LogP contribution in [0.4, 0.5) is 0 Å². The molecule has 12 nitrogen and oxygen atoms in total. The quantitative estimate of drug-likeness (QED) is 0.114. The Morgan fingerprint density at radius 1 is 0.800 bits per heavy atom. The number of nitrogens with zero attached hydrogens (tertiary/aromatic N) is 1. The molecule has 1 fully saturated rings. The number of carbonyl (C=O) groups excluding carboxylic acids is 4. The summed E-state index contributed by atoms with van der Waals surface area (Å²) in [5.74, 6) is -2.15. The lowest BCUT2D eigenvalue weighted by Gasteiger charge is -2.27. The third-order valence-corrected chi connectivity index (χ3v) is 6.67. The largest absolute Gasteiger partial charge is 0.370 e. The first-order valence-electron chi connectivity index (χ1n) is 13.1. The van der Waals surface area contributed by atoms with Crippen LogP contribution in [-0.4, -0.2) is 65.8 Å². The van der Waals surface area contributed by atoms with Gasteiger partial charge in [0.25, 0.3) is 0 Å². The van der Waals surface area contributed by atoms with E-state index in [0.29, 0.717) is 6.42 Å². The number of amides is 4. The van der Waals surface area contributed by atoms with E-state index in [2.05, 4.69) is 31.2 Å². The third-order valence-electron chi connectivity index (χ3n) is 6.67. The Hall–Kier alpha value is -4.87. The molecule has 1 aliphatic heterocycles. The first-order chi connectivity index (χ1) is 19.3. The van der Waals surface area contributed by atoms with Gasteiger partial charge in [-0.05, 0) is 30.0 Å². The van der Waals surface area contributed by atoms with Gasteiger partial charge in [0.2, 0.25) is 23.6 Å². The molecule has 12 heteroatoms. The number of fused-ring (bicyclic) bond motifs is 1. The van der Waals surface area contributed by atoms with E-state index in [1.165, 1.54) is 0 Å². The van der Waals surface area contributed by atoms with Gasteiger partial charge in [-0.25, -0.2) is 0 Å². The van der Waals surface area contributed by atoms with Crippen LogP contribution in [0, 0.1) is 0 Å². The number of aliphatic imine (C=N–C) groups is 1. The summed E-state index contributed by atoms with van der Waals surface area (Å²) in [6.45, 7) is -0.0922. The molecule has 40 heavy (non-hydrogen) atoms. The average Bonchev–Trinajstić information content (AvgIpc) is 3.35. The van der Waals surface area contributed by atoms with E-state index in [-0.39, 0.29) is 38.3 Å². The van der Waals surface area contributed by atoms with Gasteiger partial charge in [0.05, 0.1) is 6.54 Å². The molecule has 210 valence electrons. The molecular formula is C28H34N8O4. The molecule has 3 atom stereocenters. The lowest BCUT2D eigenvalue weighted by molar-refractivity contribution is -0.135. The van der Waals surface area contributed by atoms with Crippen LogP contribution in [0.3, 0.4) is 0 Å². The van der Waals surface area contributed by atoms with Gasteiger partial charge < -0.3 is 37.7 Å². The molecule has 4 amide bonds. The lowest BCUT2D eigenvalue weighted by Crippen LogP contribution is -2.60. The zero-order valence-electron chi connectivity index (χ0n) is 22.0. The number of rotatable bonds is 8. The Balaban J connectivity index is 1.58. The van der Waals surface area contributed by atoms with Gasteiger partial charge in [-0.15, -0.1) is 0 Å². The maximum atomic E-state index is 13.5. The fraction of sp³-hybridized carbons (Fsp3) is 0.321. The molecule has 0 radical (unpaired) electrons. The summed E-state index contributed by atoms with van der Waals surface area (Å²) >= 11 is 0. The Labute approximate surface area is 231 Å². The second kappa shape index (κ2) is 13.3. The van der Waals surface area contributed by atoms with Gasteiger partial charge >= 0.3 is 0 Å². The number of benzene rings is 2. The molecule has 1 aliphatic rings. The molecule has 0 unspecified atom stereocenters. The first kappa shape index (κ1) is 28.1.